The number of hydrogen-bond acceptors (Lipinski definition) is 8. The third-order valence-corrected chi connectivity index (χ3v) is 6.79. The molecule has 0 bridgehead atoms. The van der Waals surface area contributed by atoms with Gasteiger partial charge in [-0.2, -0.15) is 14.0 Å². The molecule has 0 aliphatic carbocycles. The molecule has 4 aromatic rings. The van der Waals surface area contributed by atoms with Crippen LogP contribution in [0, 0.1) is 24.2 Å². The lowest BCUT2D eigenvalue weighted by Gasteiger charge is -2.28. The molecule has 0 radical (unpaired) electrons. The number of ether oxygens (including phenoxy) is 1. The van der Waals surface area contributed by atoms with Gasteiger partial charge >= 0.3 is 6.55 Å². The number of piperidine rings is 1. The van der Waals surface area contributed by atoms with Crippen molar-refractivity contribution < 1.29 is 23.0 Å². The molecule has 3 aromatic heterocycles. The molecule has 0 amide bonds. The fourth-order valence-corrected chi connectivity index (χ4v) is 4.68. The van der Waals surface area contributed by atoms with Crippen molar-refractivity contribution in [2.75, 3.05) is 19.7 Å². The number of halogens is 3. The lowest BCUT2D eigenvalue weighted by atomic mass is 10.0. The molecule has 10 nitrogen and oxygen atoms in total. The summed E-state index contributed by atoms with van der Waals surface area (Å²) >= 11 is 0. The van der Waals surface area contributed by atoms with E-state index in [0.29, 0.717) is 28.9 Å². The summed E-state index contributed by atoms with van der Waals surface area (Å²) in [6.45, 7) is 1.36. The maximum atomic E-state index is 13.8. The van der Waals surface area contributed by atoms with Gasteiger partial charge in [0.2, 0.25) is 0 Å². The van der Waals surface area contributed by atoms with Gasteiger partial charge in [-0.05, 0) is 51.0 Å². The van der Waals surface area contributed by atoms with Crippen LogP contribution in [0.2, 0.25) is 0 Å². The Morgan fingerprint density at radius 1 is 1.24 bits per heavy atom. The van der Waals surface area contributed by atoms with Gasteiger partial charge in [-0.25, -0.2) is 14.1 Å². The Balaban J connectivity index is 1.49. The topological polar surface area (TPSA) is 118 Å². The van der Waals surface area contributed by atoms with Gasteiger partial charge < -0.3 is 14.7 Å². The van der Waals surface area contributed by atoms with Crippen LogP contribution in [0.15, 0.2) is 36.8 Å². The first kappa shape index (κ1) is 25.5. The minimum Gasteiger partial charge on any atom is -0.488 e. The summed E-state index contributed by atoms with van der Waals surface area (Å²) in [6, 6.07) is 5.78. The zero-order valence-corrected chi connectivity index (χ0v) is 20.7. The van der Waals surface area contributed by atoms with Gasteiger partial charge in [-0.15, -0.1) is 5.10 Å². The molecule has 1 fully saturated rings. The molecule has 198 valence electrons. The number of rotatable bonds is 7. The number of likely N-dealkylation sites (tertiary alicyclic amines) is 1. The lowest BCUT2D eigenvalue weighted by Crippen LogP contribution is -2.31. The number of nitriles is 1. The normalized spacial score (nSPS) is 16.1. The lowest BCUT2D eigenvalue weighted by molar-refractivity contribution is 0.00395. The van der Waals surface area contributed by atoms with Crippen LogP contribution in [0.5, 0.6) is 5.75 Å². The molecule has 0 spiro atoms. The summed E-state index contributed by atoms with van der Waals surface area (Å²) in [5.41, 5.74) is 0.719. The monoisotopic (exact) mass is 526 g/mol. The first-order chi connectivity index (χ1) is 18.2. The van der Waals surface area contributed by atoms with Gasteiger partial charge in [-0.1, -0.05) is 5.21 Å². The van der Waals surface area contributed by atoms with Gasteiger partial charge in [0, 0.05) is 18.7 Å². The molecule has 4 heterocycles. The molecule has 38 heavy (non-hydrogen) atoms. The average molecular weight is 527 g/mol. The molecule has 1 saturated heterocycles. The SMILES string of the molecule is Cc1c(-c2cc(OCC(C)(O)c3ccc(F)cn3)c3c(c2)ncn3C(F)F)nnn1C1CCN(C#N)CC1. The van der Waals surface area contributed by atoms with Crippen LogP contribution in [0.4, 0.5) is 13.2 Å². The number of alkyl halides is 2. The van der Waals surface area contributed by atoms with Crippen LogP contribution in [0.1, 0.15) is 43.7 Å². The first-order valence-electron chi connectivity index (χ1n) is 12.0. The Kier molecular flexibility index (Phi) is 6.66. The molecule has 5 rings (SSSR count). The Morgan fingerprint density at radius 2 is 2.00 bits per heavy atom. The third kappa shape index (κ3) is 4.74. The van der Waals surface area contributed by atoms with Crippen molar-refractivity contribution >= 4 is 11.0 Å². The van der Waals surface area contributed by atoms with E-state index in [2.05, 4.69) is 26.5 Å². The van der Waals surface area contributed by atoms with Gasteiger partial charge in [0.15, 0.2) is 6.19 Å². The number of fused-ring (bicyclic) bond motifs is 1. The minimum absolute atomic E-state index is 0.0561. The van der Waals surface area contributed by atoms with E-state index in [4.69, 9.17) is 10.00 Å². The van der Waals surface area contributed by atoms with Crippen LogP contribution in [-0.4, -0.2) is 59.2 Å². The number of hydrogen-bond donors (Lipinski definition) is 1. The van der Waals surface area contributed by atoms with Crippen molar-refractivity contribution in [3.05, 3.63) is 54.0 Å². The Morgan fingerprint density at radius 3 is 2.66 bits per heavy atom. The second kappa shape index (κ2) is 9.94. The molecular weight excluding hydrogens is 501 g/mol. The number of pyridine rings is 1. The van der Waals surface area contributed by atoms with Crippen molar-refractivity contribution in [1.82, 2.24) is 34.4 Å². The van der Waals surface area contributed by atoms with Crippen molar-refractivity contribution in [3.63, 3.8) is 0 Å². The molecule has 1 aromatic carbocycles. The summed E-state index contributed by atoms with van der Waals surface area (Å²) in [5, 5.41) is 28.7. The first-order valence-corrected chi connectivity index (χ1v) is 12.0. The number of aliphatic hydroxyl groups is 1. The van der Waals surface area contributed by atoms with E-state index in [0.717, 1.165) is 37.1 Å². The highest BCUT2D eigenvalue weighted by Crippen LogP contribution is 2.36. The van der Waals surface area contributed by atoms with Crippen LogP contribution in [0.25, 0.3) is 22.3 Å². The summed E-state index contributed by atoms with van der Waals surface area (Å²) in [4.78, 5) is 9.75. The summed E-state index contributed by atoms with van der Waals surface area (Å²) < 4.78 is 49.2. The molecule has 1 N–H and O–H groups in total. The van der Waals surface area contributed by atoms with Gasteiger partial charge in [-0.3, -0.25) is 9.55 Å². The van der Waals surface area contributed by atoms with E-state index >= 15 is 0 Å². The largest absolute Gasteiger partial charge is 0.488 e. The number of benzene rings is 1. The van der Waals surface area contributed by atoms with Crippen LogP contribution < -0.4 is 4.74 Å². The smallest absolute Gasteiger partial charge is 0.320 e. The molecule has 1 unspecified atom stereocenters. The fourth-order valence-electron chi connectivity index (χ4n) is 4.68. The van der Waals surface area contributed by atoms with Crippen LogP contribution >= 0.6 is 0 Å². The summed E-state index contributed by atoms with van der Waals surface area (Å²) in [6.07, 6.45) is 5.66. The van der Waals surface area contributed by atoms with Crippen LogP contribution in [0.3, 0.4) is 0 Å². The van der Waals surface area contributed by atoms with Gasteiger partial charge in [0.1, 0.15) is 41.3 Å². The molecule has 1 aliphatic heterocycles. The summed E-state index contributed by atoms with van der Waals surface area (Å²) in [7, 11) is 0. The standard InChI is InChI=1S/C25H25F3N8O2/c1-15-22(32-33-36(15)18-5-7-34(13-29)8-6-18)16-9-19-23(35(14-31-19)24(27)28)20(10-16)38-12-25(2,37)21-4-3-17(26)11-30-21/h3-4,9-11,14,18,24,37H,5-8,12H2,1-2H3. The van der Waals surface area contributed by atoms with E-state index in [-0.39, 0.29) is 35.1 Å². The molecule has 0 saturated carbocycles. The second-order valence-electron chi connectivity index (χ2n) is 9.48. The highest BCUT2D eigenvalue weighted by atomic mass is 19.3. The number of nitrogens with zero attached hydrogens (tertiary/aromatic N) is 8. The zero-order chi connectivity index (χ0) is 27.0. The van der Waals surface area contributed by atoms with Crippen LogP contribution in [-0.2, 0) is 5.60 Å². The van der Waals surface area contributed by atoms with Crippen molar-refractivity contribution in [2.45, 2.75) is 44.9 Å². The highest BCUT2D eigenvalue weighted by molar-refractivity contribution is 5.87. The maximum Gasteiger partial charge on any atom is 0.320 e. The quantitative estimate of drug-likeness (QED) is 0.360. The number of imidazole rings is 1. The van der Waals surface area contributed by atoms with E-state index < -0.39 is 18.0 Å². The summed E-state index contributed by atoms with van der Waals surface area (Å²) in [5.74, 6) is -0.492. The Bertz CT molecular complexity index is 1490. The van der Waals surface area contributed by atoms with E-state index in [1.165, 1.54) is 13.0 Å². The minimum atomic E-state index is -2.87. The van der Waals surface area contributed by atoms with Crippen molar-refractivity contribution in [2.24, 2.45) is 0 Å². The average Bonchev–Trinajstić information content (AvgIpc) is 3.51. The number of aromatic nitrogens is 6. The highest BCUT2D eigenvalue weighted by Gasteiger charge is 2.28. The zero-order valence-electron chi connectivity index (χ0n) is 20.7. The predicted molar refractivity (Wildman–Crippen MR) is 129 cm³/mol. The molecule has 1 atom stereocenters. The maximum absolute atomic E-state index is 13.8. The molecular formula is C25H25F3N8O2. The van der Waals surface area contributed by atoms with Gasteiger partial charge in [0.25, 0.3) is 0 Å². The van der Waals surface area contributed by atoms with E-state index in [1.807, 2.05) is 11.6 Å². The fraction of sp³-hybridized carbons (Fsp3) is 0.400. The van der Waals surface area contributed by atoms with Crippen molar-refractivity contribution in [1.29, 1.82) is 5.26 Å². The predicted octanol–water partition coefficient (Wildman–Crippen LogP) is 3.94. The molecule has 1 aliphatic rings. The third-order valence-electron chi connectivity index (χ3n) is 6.79. The van der Waals surface area contributed by atoms with Gasteiger partial charge in [0.05, 0.1) is 29.1 Å². The van der Waals surface area contributed by atoms with E-state index in [9.17, 15) is 18.3 Å². The van der Waals surface area contributed by atoms with Crippen molar-refractivity contribution in [3.8, 4) is 23.2 Å². The van der Waals surface area contributed by atoms with E-state index in [1.54, 1.807) is 17.0 Å². The molecule has 13 heteroatoms. The Labute approximate surface area is 215 Å². The Hall–Kier alpha value is -4.18. The second-order valence-corrected chi connectivity index (χ2v) is 9.48.